The molecule has 1 amide bonds. The van der Waals surface area contributed by atoms with E-state index in [1.54, 1.807) is 29.8 Å². The Labute approximate surface area is 168 Å². The summed E-state index contributed by atoms with van der Waals surface area (Å²) < 4.78 is 0. The van der Waals surface area contributed by atoms with E-state index >= 15 is 0 Å². The van der Waals surface area contributed by atoms with E-state index < -0.39 is 0 Å². The zero-order chi connectivity index (χ0) is 18.6. The summed E-state index contributed by atoms with van der Waals surface area (Å²) in [6, 6.07) is 13.3. The largest absolute Gasteiger partial charge is 0.321 e. The van der Waals surface area contributed by atoms with Gasteiger partial charge in [0.05, 0.1) is 10.6 Å². The first-order chi connectivity index (χ1) is 13.2. The fraction of sp³-hybridized carbons (Fsp3) is 0.0526. The van der Waals surface area contributed by atoms with Crippen LogP contribution in [0.15, 0.2) is 70.3 Å². The van der Waals surface area contributed by atoms with E-state index in [9.17, 15) is 4.79 Å². The lowest BCUT2D eigenvalue weighted by Crippen LogP contribution is -2.11. The number of thiophene rings is 1. The Morgan fingerprint density at radius 2 is 1.96 bits per heavy atom. The van der Waals surface area contributed by atoms with Gasteiger partial charge >= 0.3 is 0 Å². The maximum absolute atomic E-state index is 12.7. The maximum Gasteiger partial charge on any atom is 0.267 e. The predicted octanol–water partition coefficient (Wildman–Crippen LogP) is 5.37. The van der Waals surface area contributed by atoms with Crippen molar-refractivity contribution >= 4 is 46.0 Å². The van der Waals surface area contributed by atoms with Crippen LogP contribution in [0.1, 0.15) is 15.4 Å². The molecule has 0 bridgehead atoms. The number of hydrogen-bond donors (Lipinski definition) is 1. The number of thiazole rings is 1. The molecule has 0 spiro atoms. The zero-order valence-corrected chi connectivity index (χ0v) is 16.7. The number of anilines is 1. The quantitative estimate of drug-likeness (QED) is 0.479. The van der Waals surface area contributed by atoms with Gasteiger partial charge < -0.3 is 5.32 Å². The van der Waals surface area contributed by atoms with Gasteiger partial charge in [-0.3, -0.25) is 4.79 Å². The van der Waals surface area contributed by atoms with E-state index in [-0.39, 0.29) is 5.91 Å². The van der Waals surface area contributed by atoms with E-state index in [4.69, 9.17) is 0 Å². The van der Waals surface area contributed by atoms with E-state index in [0.717, 1.165) is 25.6 Å². The summed E-state index contributed by atoms with van der Waals surface area (Å²) in [6.07, 6.45) is 3.42. The SMILES string of the molecule is Cc1nc(-c2cccs2)sc1C(=O)Nc1ccnc(Sc2ccccn2)c1. The maximum atomic E-state index is 12.7. The lowest BCUT2D eigenvalue weighted by molar-refractivity contribution is 0.103. The molecule has 27 heavy (non-hydrogen) atoms. The summed E-state index contributed by atoms with van der Waals surface area (Å²) in [4.78, 5) is 27.5. The zero-order valence-electron chi connectivity index (χ0n) is 14.2. The number of carbonyl (C=O) groups excluding carboxylic acids is 1. The molecule has 4 rings (SSSR count). The summed E-state index contributed by atoms with van der Waals surface area (Å²) >= 11 is 4.47. The minimum atomic E-state index is -0.159. The van der Waals surface area contributed by atoms with Crippen molar-refractivity contribution in [3.05, 3.63) is 70.8 Å². The summed E-state index contributed by atoms with van der Waals surface area (Å²) in [5.74, 6) is -0.159. The van der Waals surface area contributed by atoms with Gasteiger partial charge in [0.25, 0.3) is 5.91 Å². The van der Waals surface area contributed by atoms with Crippen LogP contribution in [0.4, 0.5) is 5.69 Å². The van der Waals surface area contributed by atoms with E-state index in [0.29, 0.717) is 10.6 Å². The van der Waals surface area contributed by atoms with Crippen LogP contribution in [0.2, 0.25) is 0 Å². The van der Waals surface area contributed by atoms with E-state index in [1.807, 2.05) is 48.7 Å². The van der Waals surface area contributed by atoms with Crippen LogP contribution in [0, 0.1) is 6.92 Å². The van der Waals surface area contributed by atoms with E-state index in [1.165, 1.54) is 23.1 Å². The second-order valence-electron chi connectivity index (χ2n) is 5.52. The van der Waals surface area contributed by atoms with Crippen molar-refractivity contribution in [3.63, 3.8) is 0 Å². The Bertz CT molecular complexity index is 1060. The number of aryl methyl sites for hydroxylation is 1. The molecule has 0 radical (unpaired) electrons. The molecule has 4 aromatic heterocycles. The van der Waals surface area contributed by atoms with Gasteiger partial charge in [-0.1, -0.05) is 23.9 Å². The summed E-state index contributed by atoms with van der Waals surface area (Å²) in [7, 11) is 0. The highest BCUT2D eigenvalue weighted by atomic mass is 32.2. The van der Waals surface area contributed by atoms with Crippen LogP contribution in [0.3, 0.4) is 0 Å². The van der Waals surface area contributed by atoms with Crippen molar-refractivity contribution < 1.29 is 4.79 Å². The molecule has 134 valence electrons. The molecule has 0 unspecified atom stereocenters. The molecule has 4 aromatic rings. The Hall–Kier alpha value is -2.55. The number of pyridine rings is 2. The van der Waals surface area contributed by atoms with Gasteiger partial charge in [-0.15, -0.1) is 22.7 Å². The predicted molar refractivity (Wildman–Crippen MR) is 111 cm³/mol. The molecule has 0 aromatic carbocycles. The van der Waals surface area contributed by atoms with Crippen molar-refractivity contribution in [1.82, 2.24) is 15.0 Å². The topological polar surface area (TPSA) is 67.8 Å². The van der Waals surface area contributed by atoms with Gasteiger partial charge in [0.2, 0.25) is 0 Å². The van der Waals surface area contributed by atoms with Gasteiger partial charge in [-0.25, -0.2) is 15.0 Å². The molecule has 1 N–H and O–H groups in total. The third kappa shape index (κ3) is 4.24. The number of nitrogens with zero attached hydrogens (tertiary/aromatic N) is 3. The normalized spacial score (nSPS) is 10.7. The summed E-state index contributed by atoms with van der Waals surface area (Å²) in [5, 5.41) is 7.44. The highest BCUT2D eigenvalue weighted by Gasteiger charge is 2.17. The summed E-state index contributed by atoms with van der Waals surface area (Å²) in [5.41, 5.74) is 1.43. The second kappa shape index (κ2) is 7.99. The summed E-state index contributed by atoms with van der Waals surface area (Å²) in [6.45, 7) is 1.86. The third-order valence-corrected chi connectivity index (χ3v) is 6.65. The Morgan fingerprint density at radius 3 is 2.74 bits per heavy atom. The van der Waals surface area contributed by atoms with Gasteiger partial charge in [-0.05, 0) is 42.6 Å². The Kier molecular flexibility index (Phi) is 5.28. The molecule has 0 saturated heterocycles. The molecule has 5 nitrogen and oxygen atoms in total. The highest BCUT2D eigenvalue weighted by molar-refractivity contribution is 7.99. The van der Waals surface area contributed by atoms with Crippen molar-refractivity contribution in [2.75, 3.05) is 5.32 Å². The minimum absolute atomic E-state index is 0.159. The van der Waals surface area contributed by atoms with Crippen LogP contribution in [0.5, 0.6) is 0 Å². The number of carbonyl (C=O) groups is 1. The minimum Gasteiger partial charge on any atom is -0.321 e. The van der Waals surface area contributed by atoms with Crippen LogP contribution in [-0.2, 0) is 0 Å². The lowest BCUT2D eigenvalue weighted by atomic mass is 10.3. The molecule has 0 aliphatic heterocycles. The first-order valence-corrected chi connectivity index (χ1v) is 10.6. The molecule has 0 aliphatic carbocycles. The van der Waals surface area contributed by atoms with Crippen LogP contribution in [0.25, 0.3) is 9.88 Å². The standard InChI is InChI=1S/C19H14N4OS3/c1-12-17(27-19(22-12)14-5-4-10-25-14)18(24)23-13-7-9-21-16(11-13)26-15-6-2-3-8-20-15/h2-11H,1H3,(H,21,23,24). The number of hydrogen-bond acceptors (Lipinski definition) is 7. The average molecular weight is 411 g/mol. The molecular weight excluding hydrogens is 396 g/mol. The fourth-order valence-electron chi connectivity index (χ4n) is 2.36. The van der Waals surface area contributed by atoms with Gasteiger partial charge in [0.1, 0.15) is 19.9 Å². The van der Waals surface area contributed by atoms with Crippen molar-refractivity contribution in [2.24, 2.45) is 0 Å². The van der Waals surface area contributed by atoms with E-state index in [2.05, 4.69) is 20.3 Å². The molecule has 0 aliphatic rings. The molecular formula is C19H14N4OS3. The second-order valence-corrected chi connectivity index (χ2v) is 8.51. The molecule has 0 atom stereocenters. The smallest absolute Gasteiger partial charge is 0.267 e. The molecule has 0 saturated carbocycles. The number of aromatic nitrogens is 3. The van der Waals surface area contributed by atoms with Crippen molar-refractivity contribution in [1.29, 1.82) is 0 Å². The van der Waals surface area contributed by atoms with Crippen LogP contribution < -0.4 is 5.32 Å². The van der Waals surface area contributed by atoms with Gasteiger partial charge in [0.15, 0.2) is 0 Å². The average Bonchev–Trinajstić information content (AvgIpc) is 3.32. The van der Waals surface area contributed by atoms with Crippen LogP contribution >= 0.6 is 34.4 Å². The lowest BCUT2D eigenvalue weighted by Gasteiger charge is -2.06. The Balaban J connectivity index is 1.51. The highest BCUT2D eigenvalue weighted by Crippen LogP contribution is 2.32. The van der Waals surface area contributed by atoms with Gasteiger partial charge in [-0.2, -0.15) is 0 Å². The van der Waals surface area contributed by atoms with Gasteiger partial charge in [0, 0.05) is 18.1 Å². The number of amides is 1. The first-order valence-electron chi connectivity index (χ1n) is 8.06. The van der Waals surface area contributed by atoms with Crippen molar-refractivity contribution in [2.45, 2.75) is 17.0 Å². The first kappa shape index (κ1) is 17.8. The molecule has 8 heteroatoms. The molecule has 4 heterocycles. The van der Waals surface area contributed by atoms with Crippen LogP contribution in [-0.4, -0.2) is 20.9 Å². The monoisotopic (exact) mass is 410 g/mol. The third-order valence-electron chi connectivity index (χ3n) is 3.57. The Morgan fingerprint density at radius 1 is 1.07 bits per heavy atom. The fourth-order valence-corrected chi connectivity index (χ4v) is 4.89. The number of rotatable bonds is 5. The molecule has 0 fully saturated rings. The van der Waals surface area contributed by atoms with Crippen molar-refractivity contribution in [3.8, 4) is 9.88 Å². The number of nitrogens with one attached hydrogen (secondary N) is 1.